The quantitative estimate of drug-likeness (QED) is 0.770. The molecule has 4 nitrogen and oxygen atoms in total. The van der Waals surface area contributed by atoms with Crippen LogP contribution in [0.2, 0.25) is 0 Å². The molecule has 0 unspecified atom stereocenters. The molecule has 1 aromatic rings. The highest BCUT2D eigenvalue weighted by Crippen LogP contribution is 2.28. The Bertz CT molecular complexity index is 396. The Morgan fingerprint density at radius 1 is 1.18 bits per heavy atom. The van der Waals surface area contributed by atoms with Gasteiger partial charge in [-0.25, -0.2) is 0 Å². The van der Waals surface area contributed by atoms with Gasteiger partial charge in [0.25, 0.3) is 0 Å². The molecule has 4 heteroatoms. The van der Waals surface area contributed by atoms with E-state index in [0.29, 0.717) is 5.69 Å². The van der Waals surface area contributed by atoms with Gasteiger partial charge in [0, 0.05) is 5.69 Å². The second-order valence-electron chi connectivity index (χ2n) is 3.91. The van der Waals surface area contributed by atoms with E-state index in [1.807, 2.05) is 6.07 Å². The maximum absolute atomic E-state index is 12.0. The Balaban J connectivity index is 2.91. The van der Waals surface area contributed by atoms with Crippen molar-refractivity contribution in [3.8, 4) is 0 Å². The number of carboxylic acids is 1. The number of carboxylic acid groups (broad SMARTS) is 1. The third-order valence-electron chi connectivity index (χ3n) is 3.08. The molecule has 1 amide bonds. The molecule has 2 N–H and O–H groups in total. The van der Waals surface area contributed by atoms with Crippen LogP contribution in [0.3, 0.4) is 0 Å². The molecular weight excluding hydrogens is 218 g/mol. The van der Waals surface area contributed by atoms with Gasteiger partial charge in [-0.3, -0.25) is 9.59 Å². The lowest BCUT2D eigenvalue weighted by atomic mass is 9.81. The summed E-state index contributed by atoms with van der Waals surface area (Å²) in [6.45, 7) is 3.42. The standard InChI is InChI=1S/C13H17NO3/c1-3-13(4-2,12(16)17)11(15)14-10-8-6-5-7-9-10/h5-9H,3-4H2,1-2H3,(H,14,15)(H,16,17). The molecule has 0 aliphatic carbocycles. The molecule has 0 aromatic heterocycles. The van der Waals surface area contributed by atoms with Crippen molar-refractivity contribution in [2.45, 2.75) is 26.7 Å². The van der Waals surface area contributed by atoms with Crippen LogP contribution < -0.4 is 5.32 Å². The van der Waals surface area contributed by atoms with Crippen LogP contribution in [0.5, 0.6) is 0 Å². The number of aliphatic carboxylic acids is 1. The van der Waals surface area contributed by atoms with Crippen LogP contribution in [0.15, 0.2) is 30.3 Å². The molecule has 0 radical (unpaired) electrons. The molecule has 0 heterocycles. The molecule has 1 rings (SSSR count). The number of carbonyl (C=O) groups is 2. The molecule has 0 aliphatic heterocycles. The lowest BCUT2D eigenvalue weighted by molar-refractivity contribution is -0.154. The monoisotopic (exact) mass is 235 g/mol. The van der Waals surface area contributed by atoms with Crippen LogP contribution in [-0.2, 0) is 9.59 Å². The number of carbonyl (C=O) groups excluding carboxylic acids is 1. The minimum atomic E-state index is -1.34. The molecule has 0 fully saturated rings. The second kappa shape index (κ2) is 5.48. The van der Waals surface area contributed by atoms with Crippen molar-refractivity contribution in [3.05, 3.63) is 30.3 Å². The van der Waals surface area contributed by atoms with E-state index >= 15 is 0 Å². The van der Waals surface area contributed by atoms with Gasteiger partial charge < -0.3 is 10.4 Å². The van der Waals surface area contributed by atoms with Gasteiger partial charge in [0.15, 0.2) is 0 Å². The highest BCUT2D eigenvalue weighted by atomic mass is 16.4. The van der Waals surface area contributed by atoms with Crippen molar-refractivity contribution in [2.24, 2.45) is 5.41 Å². The Kier molecular flexibility index (Phi) is 4.26. The fourth-order valence-electron chi connectivity index (χ4n) is 1.74. The van der Waals surface area contributed by atoms with E-state index in [1.165, 1.54) is 0 Å². The first-order valence-electron chi connectivity index (χ1n) is 5.66. The lowest BCUT2D eigenvalue weighted by Gasteiger charge is -2.25. The maximum atomic E-state index is 12.0. The van der Waals surface area contributed by atoms with Crippen molar-refractivity contribution in [1.82, 2.24) is 0 Å². The highest BCUT2D eigenvalue weighted by molar-refractivity contribution is 6.08. The number of anilines is 1. The fourth-order valence-corrected chi connectivity index (χ4v) is 1.74. The summed E-state index contributed by atoms with van der Waals surface area (Å²) in [4.78, 5) is 23.3. The summed E-state index contributed by atoms with van der Waals surface area (Å²) >= 11 is 0. The molecule has 0 bridgehead atoms. The first-order chi connectivity index (χ1) is 8.06. The largest absolute Gasteiger partial charge is 0.480 e. The maximum Gasteiger partial charge on any atom is 0.319 e. The van der Waals surface area contributed by atoms with Gasteiger partial charge in [-0.05, 0) is 25.0 Å². The van der Waals surface area contributed by atoms with Gasteiger partial charge in [-0.15, -0.1) is 0 Å². The zero-order valence-corrected chi connectivity index (χ0v) is 10.1. The van der Waals surface area contributed by atoms with Gasteiger partial charge in [-0.2, -0.15) is 0 Å². The first-order valence-corrected chi connectivity index (χ1v) is 5.66. The number of hydrogen-bond donors (Lipinski definition) is 2. The summed E-state index contributed by atoms with van der Waals surface area (Å²) in [6.07, 6.45) is 0.551. The lowest BCUT2D eigenvalue weighted by Crippen LogP contribution is -2.42. The molecule has 17 heavy (non-hydrogen) atoms. The Morgan fingerprint density at radius 3 is 2.12 bits per heavy atom. The molecule has 92 valence electrons. The van der Waals surface area contributed by atoms with E-state index in [0.717, 1.165) is 0 Å². The average molecular weight is 235 g/mol. The number of rotatable bonds is 5. The fraction of sp³-hybridized carbons (Fsp3) is 0.385. The normalized spacial score (nSPS) is 10.9. The third-order valence-corrected chi connectivity index (χ3v) is 3.08. The smallest absolute Gasteiger partial charge is 0.319 e. The van der Waals surface area contributed by atoms with E-state index in [9.17, 15) is 14.7 Å². The summed E-state index contributed by atoms with van der Waals surface area (Å²) in [7, 11) is 0. The molecule has 0 saturated carbocycles. The Hall–Kier alpha value is -1.84. The van der Waals surface area contributed by atoms with Gasteiger partial charge >= 0.3 is 5.97 Å². The minimum absolute atomic E-state index is 0.275. The molecule has 0 atom stereocenters. The van der Waals surface area contributed by atoms with Crippen molar-refractivity contribution in [2.75, 3.05) is 5.32 Å². The SMILES string of the molecule is CCC(CC)(C(=O)O)C(=O)Nc1ccccc1. The van der Waals surface area contributed by atoms with Gasteiger partial charge in [0.05, 0.1) is 0 Å². The van der Waals surface area contributed by atoms with Crippen molar-refractivity contribution < 1.29 is 14.7 Å². The van der Waals surface area contributed by atoms with Crippen LogP contribution in [-0.4, -0.2) is 17.0 Å². The number of hydrogen-bond acceptors (Lipinski definition) is 2. The van der Waals surface area contributed by atoms with E-state index in [4.69, 9.17) is 0 Å². The van der Waals surface area contributed by atoms with Crippen molar-refractivity contribution >= 4 is 17.6 Å². The minimum Gasteiger partial charge on any atom is -0.480 e. The van der Waals surface area contributed by atoms with Crippen molar-refractivity contribution in [1.29, 1.82) is 0 Å². The molecular formula is C13H17NO3. The Labute approximate surface area is 101 Å². The number of benzene rings is 1. The predicted molar refractivity (Wildman–Crippen MR) is 65.7 cm³/mol. The Morgan fingerprint density at radius 2 is 1.71 bits per heavy atom. The highest BCUT2D eigenvalue weighted by Gasteiger charge is 2.42. The van der Waals surface area contributed by atoms with E-state index in [1.54, 1.807) is 38.1 Å². The van der Waals surface area contributed by atoms with E-state index < -0.39 is 17.3 Å². The van der Waals surface area contributed by atoms with Gasteiger partial charge in [0.2, 0.25) is 5.91 Å². The zero-order valence-electron chi connectivity index (χ0n) is 10.1. The van der Waals surface area contributed by atoms with E-state index in [2.05, 4.69) is 5.32 Å². The van der Waals surface area contributed by atoms with Crippen molar-refractivity contribution in [3.63, 3.8) is 0 Å². The topological polar surface area (TPSA) is 66.4 Å². The van der Waals surface area contributed by atoms with Crippen LogP contribution in [0, 0.1) is 5.41 Å². The average Bonchev–Trinajstić information content (AvgIpc) is 2.32. The zero-order chi connectivity index (χ0) is 12.9. The number of nitrogens with one attached hydrogen (secondary N) is 1. The summed E-state index contributed by atoms with van der Waals surface area (Å²) in [5.41, 5.74) is -0.722. The molecule has 0 saturated heterocycles. The molecule has 0 spiro atoms. The second-order valence-corrected chi connectivity index (χ2v) is 3.91. The van der Waals surface area contributed by atoms with Crippen LogP contribution in [0.4, 0.5) is 5.69 Å². The van der Waals surface area contributed by atoms with Gasteiger partial charge in [0.1, 0.15) is 5.41 Å². The number of amides is 1. The van der Waals surface area contributed by atoms with Gasteiger partial charge in [-0.1, -0.05) is 32.0 Å². The first kappa shape index (κ1) is 13.2. The molecule has 0 aliphatic rings. The summed E-state index contributed by atoms with van der Waals surface area (Å²) in [5.74, 6) is -1.53. The van der Waals surface area contributed by atoms with Crippen LogP contribution in [0.1, 0.15) is 26.7 Å². The molecule has 1 aromatic carbocycles. The summed E-state index contributed by atoms with van der Waals surface area (Å²) in [6, 6.07) is 8.87. The number of para-hydroxylation sites is 1. The predicted octanol–water partition coefficient (Wildman–Crippen LogP) is 2.52. The summed E-state index contributed by atoms with van der Waals surface area (Å²) < 4.78 is 0. The third kappa shape index (κ3) is 2.64. The van der Waals surface area contributed by atoms with Crippen LogP contribution >= 0.6 is 0 Å². The van der Waals surface area contributed by atoms with Crippen LogP contribution in [0.25, 0.3) is 0 Å². The summed E-state index contributed by atoms with van der Waals surface area (Å²) in [5, 5.41) is 11.9. The van der Waals surface area contributed by atoms with E-state index in [-0.39, 0.29) is 12.8 Å².